The third kappa shape index (κ3) is 35.0. The van der Waals surface area contributed by atoms with E-state index in [1.165, 1.54) is 116 Å². The van der Waals surface area contributed by atoms with Crippen LogP contribution in [0.3, 0.4) is 0 Å². The molecule has 0 bridgehead atoms. The van der Waals surface area contributed by atoms with E-state index in [-0.39, 0.29) is 41.7 Å². The predicted octanol–water partition coefficient (Wildman–Crippen LogP) is 37.3. The van der Waals surface area contributed by atoms with Gasteiger partial charge >= 0.3 is 18.5 Å². The SMILES string of the molecule is CC(/C=C/C(F)=C/c1cc(C)c2cc(C(C)C)ccc(C)c1-2)=C\C=O.CC(/C=C/C=C(\c1cc(C)c2cc(C(C)C)ccc(C)c1-2)C(F)(F)F)=C\C=O.CC(/C=C/C=C(\c1ccc2cccccc1-2)C(F)(F)F)=C\C=O.CC(/C=C/C=C/c1cc(C)c2cc(C(C)C)ccc(C)c1-2)=C(/F)C=O.CC(/C=C/C=C/c1ccc2cccccc1-2)=C(/F)C=O.Cc1cc(/C=C/C=C/C(=C\C=O)C(F)(F)F)c2c(C)ccc(C(C)C)cc1-2. The first-order valence-electron chi connectivity index (χ1n) is 48.4. The van der Waals surface area contributed by atoms with Gasteiger partial charge < -0.3 is 0 Å². The predicted molar refractivity (Wildman–Crippen MR) is 591 cm³/mol. The molecule has 0 aliphatic heterocycles. The van der Waals surface area contributed by atoms with E-state index in [2.05, 4.69) is 162 Å². The number of allylic oxidation sites excluding steroid dienone is 32. The minimum atomic E-state index is -4.55. The highest BCUT2D eigenvalue weighted by atomic mass is 19.4. The Hall–Kier alpha value is -15.3. The number of hydrogen-bond donors (Lipinski definition) is 0. The third-order valence-electron chi connectivity index (χ3n) is 24.5. The van der Waals surface area contributed by atoms with Gasteiger partial charge in [0.2, 0.25) is 0 Å². The van der Waals surface area contributed by atoms with Crippen LogP contribution in [-0.4, -0.2) is 56.2 Å². The van der Waals surface area contributed by atoms with Crippen molar-refractivity contribution in [1.29, 1.82) is 0 Å². The molecule has 0 spiro atoms. The van der Waals surface area contributed by atoms with Gasteiger partial charge in [-0.25, -0.2) is 13.2 Å². The van der Waals surface area contributed by atoms with Crippen LogP contribution in [0.4, 0.5) is 52.7 Å². The Balaban J connectivity index is 0.000000241. The van der Waals surface area contributed by atoms with Crippen LogP contribution in [0.1, 0.15) is 214 Å². The van der Waals surface area contributed by atoms with Crippen molar-refractivity contribution in [2.75, 3.05) is 0 Å². The summed E-state index contributed by atoms with van der Waals surface area (Å²) < 4.78 is 160. The molecule has 768 valence electrons. The van der Waals surface area contributed by atoms with Crippen LogP contribution in [0.15, 0.2) is 361 Å². The Morgan fingerprint density at radius 2 is 0.608 bits per heavy atom. The van der Waals surface area contributed by atoms with Crippen molar-refractivity contribution in [3.05, 3.63) is 461 Å². The Bertz CT molecular complexity index is 7060. The van der Waals surface area contributed by atoms with Gasteiger partial charge in [0, 0.05) is 0 Å². The van der Waals surface area contributed by atoms with E-state index in [4.69, 9.17) is 0 Å². The fourth-order valence-electron chi connectivity index (χ4n) is 16.2. The first kappa shape index (κ1) is 120. The largest absolute Gasteiger partial charge is 0.417 e. The second-order valence-corrected chi connectivity index (χ2v) is 37.2. The molecule has 0 saturated carbocycles. The average Bonchev–Trinajstić information content (AvgIpc) is 1.61. The molecule has 0 aromatic carbocycles. The summed E-state index contributed by atoms with van der Waals surface area (Å²) in [6, 6.07) is 59.4. The number of carbonyl (C=O) groups is 6. The highest BCUT2D eigenvalue weighted by molar-refractivity contribution is 5.92. The average molecular weight is 2010 g/mol. The second-order valence-electron chi connectivity index (χ2n) is 37.2. The van der Waals surface area contributed by atoms with Crippen LogP contribution < -0.4 is 0 Å². The topological polar surface area (TPSA) is 102 Å². The molecule has 18 heteroatoms. The number of rotatable bonds is 28. The van der Waals surface area contributed by atoms with Gasteiger partial charge in [0.05, 0.1) is 16.7 Å². The molecule has 0 amide bonds. The molecule has 12 rings (SSSR count). The zero-order valence-corrected chi connectivity index (χ0v) is 87.5. The molecule has 0 aromatic rings. The minimum Gasteiger partial charge on any atom is -0.299 e. The molecule has 0 heterocycles. The first-order chi connectivity index (χ1) is 70.0. The van der Waals surface area contributed by atoms with E-state index in [9.17, 15) is 81.5 Å². The lowest BCUT2D eigenvalue weighted by Crippen LogP contribution is -2.10. The fourth-order valence-corrected chi connectivity index (χ4v) is 16.2. The first-order valence-corrected chi connectivity index (χ1v) is 48.4. The van der Waals surface area contributed by atoms with Gasteiger partial charge in [-0.2, -0.15) is 39.5 Å². The van der Waals surface area contributed by atoms with Crippen molar-refractivity contribution in [2.45, 2.75) is 188 Å². The smallest absolute Gasteiger partial charge is 0.299 e. The van der Waals surface area contributed by atoms with Crippen molar-refractivity contribution in [1.82, 2.24) is 0 Å². The normalized spacial score (nSPS) is 13.4. The number of fused-ring (bicyclic) bond motifs is 6. The molecule has 12 aliphatic carbocycles. The van der Waals surface area contributed by atoms with Crippen molar-refractivity contribution in [2.24, 2.45) is 0 Å². The summed E-state index contributed by atoms with van der Waals surface area (Å²) in [7, 11) is 0. The van der Waals surface area contributed by atoms with Gasteiger partial charge in [0.25, 0.3) is 0 Å². The Labute approximate surface area is 864 Å². The van der Waals surface area contributed by atoms with Crippen LogP contribution in [0.5, 0.6) is 0 Å². The van der Waals surface area contributed by atoms with Gasteiger partial charge in [-0.3, -0.25) is 28.8 Å². The van der Waals surface area contributed by atoms with E-state index in [0.29, 0.717) is 81.7 Å². The summed E-state index contributed by atoms with van der Waals surface area (Å²) in [5.41, 5.74) is 30.3. The van der Waals surface area contributed by atoms with Gasteiger partial charge in [0.1, 0.15) is 31.0 Å². The highest BCUT2D eigenvalue weighted by Crippen LogP contribution is 2.47. The van der Waals surface area contributed by atoms with E-state index in [0.717, 1.165) is 107 Å². The fraction of sp³-hybridized carbons (Fsp3) is 0.215. The molecule has 6 nitrogen and oxygen atoms in total. The summed E-state index contributed by atoms with van der Waals surface area (Å²) >= 11 is 0. The summed E-state index contributed by atoms with van der Waals surface area (Å²) in [4.78, 5) is 62.3. The number of aldehydes is 6. The number of carbonyl (C=O) groups excluding carboxylic acids is 6. The lowest BCUT2D eigenvalue weighted by molar-refractivity contribution is -0.106. The summed E-state index contributed by atoms with van der Waals surface area (Å²) in [5, 5.41) is 0. The van der Waals surface area contributed by atoms with E-state index < -0.39 is 46.9 Å². The molecule has 148 heavy (non-hydrogen) atoms. The van der Waals surface area contributed by atoms with Crippen molar-refractivity contribution < 1.29 is 81.5 Å². The zero-order valence-electron chi connectivity index (χ0n) is 87.5. The molecule has 0 aromatic heterocycles. The maximum absolute atomic E-state index is 14.3. The van der Waals surface area contributed by atoms with Crippen molar-refractivity contribution in [3.8, 4) is 66.8 Å². The summed E-state index contributed by atoms with van der Waals surface area (Å²) in [5.74, 6) is -0.198. The van der Waals surface area contributed by atoms with Crippen LogP contribution in [0.2, 0.25) is 0 Å². The molecule has 12 aliphatic rings. The Kier molecular flexibility index (Phi) is 46.1. The Morgan fingerprint density at radius 3 is 1.00 bits per heavy atom. The van der Waals surface area contributed by atoms with Gasteiger partial charge in [0.15, 0.2) is 24.2 Å². The summed E-state index contributed by atoms with van der Waals surface area (Å²) in [6.45, 7) is 41.5. The van der Waals surface area contributed by atoms with E-state index >= 15 is 0 Å². The van der Waals surface area contributed by atoms with Crippen LogP contribution in [0.25, 0.3) is 102 Å². The van der Waals surface area contributed by atoms with Crippen molar-refractivity contribution >= 4 is 73.2 Å². The molecule has 0 radical (unpaired) electrons. The van der Waals surface area contributed by atoms with E-state index in [1.807, 2.05) is 107 Å². The van der Waals surface area contributed by atoms with Gasteiger partial charge in [-0.05, 0) is 363 Å². The lowest BCUT2D eigenvalue weighted by Gasteiger charge is -2.13. The number of aryl methyl sites for hydroxylation is 8. The standard InChI is InChI=1S/C24H25F3O.C23H23F3O.2C23H25FO.C19H15F3O.C18H15FO/c1-15(2)19-10-9-17(4)23-20(14-19)18(5)13-21(23)22(24(25,26)27)8-6-7-16(3)11-12-28;1-15(2)18-10-9-16(3)22-19(13-17(4)21(22)14-18)7-5-6-8-20(11-12-27)23(24,25)26;1-15(2)19-8-7-17(4)23-20(12-18(5)22(23)14-19)13-21(24)9-6-16(3)10-11-25;1-15(2)19-11-10-17(4)23-20(12-18(5)21(23)13-19)9-7-6-8-16(3)22(24)14-25;1-14(12-13-23)6-5-9-18(19(20,21)22)17-11-10-15-7-3-2-4-8-16(15)17;1-14(18(19)13-20)7-5-6-9-16-12-11-15-8-3-2-4-10-17(15)16/h6-15H,1-5H3;5-15H,1-4H3;2*6-15H,1-5H3;2-13H,1H3;2-13H,1H3/b7-6+,16-11+,22-8+;7-5+,8-6+,20-11+;9-6+,16-10+,21-13-;8-6+,9-7+,22-16-;6-5+,14-12+,18-9+;7-5+,9-6+,18-14-. The van der Waals surface area contributed by atoms with Crippen molar-refractivity contribution in [3.63, 3.8) is 0 Å². The number of hydrogen-bond acceptors (Lipinski definition) is 6. The van der Waals surface area contributed by atoms with Crippen LogP contribution >= 0.6 is 0 Å². The third-order valence-corrected chi connectivity index (χ3v) is 24.5. The molecule has 0 unspecified atom stereocenters. The van der Waals surface area contributed by atoms with E-state index in [1.54, 1.807) is 126 Å². The Morgan fingerprint density at radius 1 is 0.270 bits per heavy atom. The minimum absolute atomic E-state index is 0.139. The highest BCUT2D eigenvalue weighted by Gasteiger charge is 2.39. The zero-order chi connectivity index (χ0) is 110. The number of alkyl halides is 9. The van der Waals surface area contributed by atoms with Gasteiger partial charge in [-0.1, -0.05) is 335 Å². The molecular weight excluding hydrogens is 1890 g/mol. The maximum Gasteiger partial charge on any atom is 0.417 e. The maximum atomic E-state index is 14.3. The summed E-state index contributed by atoms with van der Waals surface area (Å²) in [6.07, 6.45) is 25.6. The van der Waals surface area contributed by atoms with Gasteiger partial charge in [-0.15, -0.1) is 0 Å². The van der Waals surface area contributed by atoms with Crippen LogP contribution in [-0.2, 0) is 28.8 Å². The van der Waals surface area contributed by atoms with Crippen LogP contribution in [0, 0.1) is 55.4 Å². The molecule has 0 fully saturated rings. The lowest BCUT2D eigenvalue weighted by atomic mass is 9.97. The molecular formula is C130H128F12O6. The quantitative estimate of drug-likeness (QED) is 0.0209. The second kappa shape index (κ2) is 57.0. The molecule has 0 atom stereocenters. The molecule has 0 N–H and O–H groups in total. The molecule has 0 saturated heterocycles. The number of halogens is 12. The monoisotopic (exact) mass is 2010 g/mol.